The van der Waals surface area contributed by atoms with Crippen LogP contribution in [0, 0.1) is 5.92 Å². The highest BCUT2D eigenvalue weighted by Gasteiger charge is 2.33. The summed E-state index contributed by atoms with van der Waals surface area (Å²) in [5.41, 5.74) is 2.32. The van der Waals surface area contributed by atoms with E-state index in [1.54, 1.807) is 11.9 Å². The molecule has 1 atom stereocenters. The smallest absolute Gasteiger partial charge is 0.230 e. The molecule has 1 aromatic heterocycles. The number of hydrogen-bond acceptors (Lipinski definition) is 2. The summed E-state index contributed by atoms with van der Waals surface area (Å²) in [4.78, 5) is 17.6. The Morgan fingerprint density at radius 1 is 1.44 bits per heavy atom. The molecule has 0 radical (unpaired) electrons. The number of H-pyrrole nitrogens is 1. The molecule has 2 aromatic rings. The van der Waals surface area contributed by atoms with Crippen molar-refractivity contribution in [3.8, 4) is 0 Å². The van der Waals surface area contributed by atoms with Crippen LogP contribution in [-0.4, -0.2) is 27.8 Å². The van der Waals surface area contributed by atoms with Crippen molar-refractivity contribution >= 4 is 34.0 Å². The molecule has 1 fully saturated rings. The number of fused-ring (bicyclic) bond motifs is 1. The van der Waals surface area contributed by atoms with Gasteiger partial charge in [0.05, 0.1) is 4.99 Å². The number of amides is 1. The van der Waals surface area contributed by atoms with Crippen molar-refractivity contribution in [3.63, 3.8) is 0 Å². The normalized spacial score (nSPS) is 20.1. The quantitative estimate of drug-likeness (QED) is 0.840. The van der Waals surface area contributed by atoms with E-state index in [4.69, 9.17) is 12.2 Å². The van der Waals surface area contributed by atoms with Crippen molar-refractivity contribution in [1.29, 1.82) is 0 Å². The van der Waals surface area contributed by atoms with Crippen LogP contribution in [0.5, 0.6) is 0 Å². The van der Waals surface area contributed by atoms with Crippen LogP contribution >= 0.6 is 12.2 Å². The summed E-state index contributed by atoms with van der Waals surface area (Å²) in [6.45, 7) is 0. The molecule has 1 amide bonds. The van der Waals surface area contributed by atoms with Gasteiger partial charge in [-0.05, 0) is 18.1 Å². The van der Waals surface area contributed by atoms with Gasteiger partial charge in [-0.25, -0.2) is 0 Å². The Bertz CT molecular complexity index is 632. The number of nitrogens with zero attached hydrogens (tertiary/aromatic N) is 1. The minimum atomic E-state index is 0.00158. The zero-order valence-corrected chi connectivity index (χ0v) is 11.0. The van der Waals surface area contributed by atoms with E-state index in [1.165, 1.54) is 10.9 Å². The molecule has 1 unspecified atom stereocenters. The average Bonchev–Trinajstić information content (AvgIpc) is 2.89. The van der Waals surface area contributed by atoms with E-state index < -0.39 is 0 Å². The van der Waals surface area contributed by atoms with E-state index in [-0.39, 0.29) is 11.8 Å². The number of para-hydroxylation sites is 1. The van der Waals surface area contributed by atoms with Crippen LogP contribution in [0.15, 0.2) is 30.5 Å². The van der Waals surface area contributed by atoms with Gasteiger partial charge in [-0.2, -0.15) is 0 Å². The highest BCUT2D eigenvalue weighted by molar-refractivity contribution is 7.80. The van der Waals surface area contributed by atoms with Crippen molar-refractivity contribution in [1.82, 2.24) is 9.88 Å². The second-order valence-corrected chi connectivity index (χ2v) is 5.23. The maximum absolute atomic E-state index is 12.0. The van der Waals surface area contributed by atoms with E-state index in [2.05, 4.69) is 11.1 Å². The lowest BCUT2D eigenvalue weighted by Gasteiger charge is -2.09. The maximum Gasteiger partial charge on any atom is 0.230 e. The van der Waals surface area contributed by atoms with Crippen molar-refractivity contribution in [3.05, 3.63) is 36.0 Å². The minimum Gasteiger partial charge on any atom is -0.361 e. The van der Waals surface area contributed by atoms with Crippen LogP contribution in [0.3, 0.4) is 0 Å². The first-order chi connectivity index (χ1) is 8.66. The van der Waals surface area contributed by atoms with Crippen molar-refractivity contribution in [2.45, 2.75) is 12.8 Å². The van der Waals surface area contributed by atoms with Gasteiger partial charge in [-0.15, -0.1) is 0 Å². The Labute approximate surface area is 111 Å². The summed E-state index contributed by atoms with van der Waals surface area (Å²) in [5, 5.41) is 1.20. The molecule has 1 saturated heterocycles. The molecule has 0 saturated carbocycles. The number of aromatic amines is 1. The van der Waals surface area contributed by atoms with Crippen LogP contribution in [0.1, 0.15) is 12.0 Å². The number of carbonyl (C=O) groups is 1. The minimum absolute atomic E-state index is 0.00158. The molecule has 1 aliphatic heterocycles. The summed E-state index contributed by atoms with van der Waals surface area (Å²) in [6, 6.07) is 8.16. The molecular weight excluding hydrogens is 244 g/mol. The summed E-state index contributed by atoms with van der Waals surface area (Å²) in [5.74, 6) is 0.145. The molecule has 3 rings (SSSR count). The van der Waals surface area contributed by atoms with Gasteiger partial charge in [0.1, 0.15) is 0 Å². The van der Waals surface area contributed by atoms with E-state index in [9.17, 15) is 4.79 Å². The van der Waals surface area contributed by atoms with Crippen molar-refractivity contribution in [2.24, 2.45) is 5.92 Å². The van der Waals surface area contributed by atoms with E-state index in [0.717, 1.165) is 16.9 Å². The zero-order valence-electron chi connectivity index (χ0n) is 10.1. The van der Waals surface area contributed by atoms with E-state index in [1.807, 2.05) is 24.4 Å². The second-order valence-electron chi connectivity index (χ2n) is 4.76. The van der Waals surface area contributed by atoms with Crippen LogP contribution in [0.4, 0.5) is 0 Å². The SMILES string of the molecule is CN1C(=O)C(Cc2c[nH]c3ccccc23)CC1=S. The second kappa shape index (κ2) is 4.21. The molecule has 0 spiro atoms. The molecule has 4 heteroatoms. The Hall–Kier alpha value is -1.68. The molecule has 92 valence electrons. The Morgan fingerprint density at radius 3 is 2.94 bits per heavy atom. The van der Waals surface area contributed by atoms with Crippen molar-refractivity contribution in [2.75, 3.05) is 7.05 Å². The number of hydrogen-bond donors (Lipinski definition) is 1. The van der Waals surface area contributed by atoms with Crippen molar-refractivity contribution < 1.29 is 4.79 Å². The number of thiocarbonyl (C=S) groups is 1. The Balaban J connectivity index is 1.89. The number of likely N-dealkylation sites (tertiary alicyclic amines) is 1. The lowest BCUT2D eigenvalue weighted by molar-refractivity contribution is -0.128. The van der Waals surface area contributed by atoms with Crippen LogP contribution in [0.25, 0.3) is 10.9 Å². The summed E-state index contributed by atoms with van der Waals surface area (Å²) < 4.78 is 0. The highest BCUT2D eigenvalue weighted by atomic mass is 32.1. The first-order valence-corrected chi connectivity index (χ1v) is 6.43. The van der Waals surface area contributed by atoms with Gasteiger partial charge in [0, 0.05) is 36.5 Å². The first-order valence-electron chi connectivity index (χ1n) is 6.02. The average molecular weight is 258 g/mol. The maximum atomic E-state index is 12.0. The monoisotopic (exact) mass is 258 g/mol. The molecule has 0 aliphatic carbocycles. The molecule has 1 aromatic carbocycles. The zero-order chi connectivity index (χ0) is 12.7. The van der Waals surface area contributed by atoms with Gasteiger partial charge in [0.15, 0.2) is 0 Å². The van der Waals surface area contributed by atoms with Gasteiger partial charge < -0.3 is 9.88 Å². The highest BCUT2D eigenvalue weighted by Crippen LogP contribution is 2.27. The van der Waals surface area contributed by atoms with Gasteiger partial charge >= 0.3 is 0 Å². The number of carbonyl (C=O) groups excluding carboxylic acids is 1. The van der Waals surface area contributed by atoms with Gasteiger partial charge in [0.2, 0.25) is 5.91 Å². The fourth-order valence-corrected chi connectivity index (χ4v) is 2.85. The number of aromatic nitrogens is 1. The summed E-state index contributed by atoms with van der Waals surface area (Å²) in [6.07, 6.45) is 3.46. The van der Waals surface area contributed by atoms with Gasteiger partial charge in [-0.1, -0.05) is 30.4 Å². The molecule has 3 nitrogen and oxygen atoms in total. The molecule has 1 aliphatic rings. The molecule has 1 N–H and O–H groups in total. The van der Waals surface area contributed by atoms with Gasteiger partial charge in [0.25, 0.3) is 0 Å². The largest absolute Gasteiger partial charge is 0.361 e. The fourth-order valence-electron chi connectivity index (χ4n) is 2.56. The third-order valence-corrected chi connectivity index (χ3v) is 4.06. The summed E-state index contributed by atoms with van der Waals surface area (Å²) >= 11 is 5.18. The third-order valence-electron chi connectivity index (χ3n) is 3.62. The Morgan fingerprint density at radius 2 is 2.22 bits per heavy atom. The third kappa shape index (κ3) is 1.73. The number of benzene rings is 1. The fraction of sp³-hybridized carbons (Fsp3) is 0.286. The number of nitrogens with one attached hydrogen (secondary N) is 1. The molecule has 0 bridgehead atoms. The summed E-state index contributed by atoms with van der Waals surface area (Å²) in [7, 11) is 1.76. The van der Waals surface area contributed by atoms with Crippen LogP contribution in [-0.2, 0) is 11.2 Å². The predicted molar refractivity (Wildman–Crippen MR) is 75.5 cm³/mol. The first kappa shape index (κ1) is 11.4. The predicted octanol–water partition coefficient (Wildman–Crippen LogP) is 2.52. The van der Waals surface area contributed by atoms with E-state index >= 15 is 0 Å². The van der Waals surface area contributed by atoms with Crippen LogP contribution < -0.4 is 0 Å². The van der Waals surface area contributed by atoms with E-state index in [0.29, 0.717) is 6.42 Å². The van der Waals surface area contributed by atoms with Crippen LogP contribution in [0.2, 0.25) is 0 Å². The van der Waals surface area contributed by atoms with Gasteiger partial charge in [-0.3, -0.25) is 4.79 Å². The lowest BCUT2D eigenvalue weighted by atomic mass is 9.98. The lowest BCUT2D eigenvalue weighted by Crippen LogP contribution is -2.25. The Kier molecular flexibility index (Phi) is 2.67. The number of rotatable bonds is 2. The molecular formula is C14H14N2OS. The standard InChI is InChI=1S/C14H14N2OS/c1-16-13(18)7-9(14(16)17)6-10-8-15-12-5-3-2-4-11(10)12/h2-5,8-9,15H,6-7H2,1H3. The molecule has 18 heavy (non-hydrogen) atoms. The molecule has 2 heterocycles. The topological polar surface area (TPSA) is 36.1 Å².